The van der Waals surface area contributed by atoms with Gasteiger partial charge in [0.1, 0.15) is 0 Å². The van der Waals surface area contributed by atoms with E-state index in [1.54, 1.807) is 12.0 Å². The van der Waals surface area contributed by atoms with Crippen LogP contribution in [0.4, 0.5) is 5.69 Å². The van der Waals surface area contributed by atoms with E-state index in [0.29, 0.717) is 5.58 Å². The number of nitro benzene ring substituents is 1. The molecule has 0 aliphatic heterocycles. The minimum absolute atomic E-state index is 0.0532. The molecule has 1 aromatic heterocycles. The van der Waals surface area contributed by atoms with Crippen molar-refractivity contribution in [2.45, 2.75) is 0 Å². The molecule has 12 heavy (non-hydrogen) atoms. The van der Waals surface area contributed by atoms with Gasteiger partial charge in [-0.2, -0.15) is 0 Å². The van der Waals surface area contributed by atoms with E-state index in [1.807, 2.05) is 0 Å². The Morgan fingerprint density at radius 2 is 2.33 bits per heavy atom. The molecule has 0 spiro atoms. The summed E-state index contributed by atoms with van der Waals surface area (Å²) in [5, 5.41) is 11.2. The van der Waals surface area contributed by atoms with Crippen molar-refractivity contribution >= 4 is 23.8 Å². The second kappa shape index (κ2) is 2.44. The molecule has 2 aromatic rings. The normalized spacial score (nSPS) is 10.0. The number of hydrogen-bond acceptors (Lipinski definition) is 3. The van der Waals surface area contributed by atoms with Gasteiger partial charge in [-0.1, -0.05) is 0 Å². The van der Waals surface area contributed by atoms with E-state index in [0.717, 1.165) is 5.39 Å². The molecule has 0 fully saturated rings. The van der Waals surface area contributed by atoms with Crippen LogP contribution in [0.3, 0.4) is 0 Å². The number of benzene rings is 1. The molecule has 2 rings (SSSR count). The number of fused-ring (bicyclic) bond motifs is 1. The summed E-state index contributed by atoms with van der Waals surface area (Å²) in [5.41, 5.74) is 0.599. The molecule has 5 heteroatoms. The molecule has 0 N–H and O–H groups in total. The summed E-state index contributed by atoms with van der Waals surface area (Å²) in [4.78, 5) is 9.89. The van der Waals surface area contributed by atoms with Gasteiger partial charge in [0.15, 0.2) is 0 Å². The molecule has 0 radical (unpaired) electrons. The second-order valence-corrected chi connectivity index (χ2v) is 2.40. The van der Waals surface area contributed by atoms with Gasteiger partial charge in [0.05, 0.1) is 0 Å². The first-order chi connectivity index (χ1) is 5.77. The number of non-ortho nitro benzene ring substituents is 1. The summed E-state index contributed by atoms with van der Waals surface area (Å²) in [6.07, 6.45) is 0. The molecule has 1 aromatic carbocycles. The molecule has 0 atom stereocenters. The Morgan fingerprint density at radius 1 is 1.50 bits per heavy atom. The van der Waals surface area contributed by atoms with Crippen LogP contribution in [0.2, 0.25) is 0 Å². The van der Waals surface area contributed by atoms with Crippen molar-refractivity contribution < 1.29 is 9.25 Å². The van der Waals surface area contributed by atoms with Crippen molar-refractivity contribution in [3.8, 4) is 0 Å². The SMILES string of the molecule is O=[N+]([O-])c1ccc2cboc2c1. The van der Waals surface area contributed by atoms with E-state index in [9.17, 15) is 10.1 Å². The van der Waals surface area contributed by atoms with Crippen LogP contribution in [0.5, 0.6) is 0 Å². The third-order valence-corrected chi connectivity index (χ3v) is 1.65. The summed E-state index contributed by atoms with van der Waals surface area (Å²) >= 11 is 0. The number of hydrogen-bond donors (Lipinski definition) is 0. The van der Waals surface area contributed by atoms with Crippen molar-refractivity contribution in [1.82, 2.24) is 0 Å². The summed E-state index contributed by atoms with van der Waals surface area (Å²) in [6.45, 7) is 0. The van der Waals surface area contributed by atoms with Crippen LogP contribution in [0.15, 0.2) is 28.5 Å². The maximum atomic E-state index is 10.3. The van der Waals surface area contributed by atoms with E-state index in [2.05, 4.69) is 0 Å². The first-order valence-electron chi connectivity index (χ1n) is 3.39. The molecule has 0 unspecified atom stereocenters. The van der Waals surface area contributed by atoms with Crippen molar-refractivity contribution in [3.05, 3.63) is 34.3 Å². The quantitative estimate of drug-likeness (QED) is 0.472. The van der Waals surface area contributed by atoms with Gasteiger partial charge in [-0.05, 0) is 0 Å². The monoisotopic (exact) mass is 161 g/mol. The standard InChI is InChI=1S/C7H4BNO3/c10-9(11)6-2-1-5-4-8-12-7(5)3-6/h1-4H. The van der Waals surface area contributed by atoms with Gasteiger partial charge in [-0.3, -0.25) is 0 Å². The third kappa shape index (κ3) is 0.991. The third-order valence-electron chi connectivity index (χ3n) is 1.65. The van der Waals surface area contributed by atoms with Crippen LogP contribution in [0.25, 0.3) is 11.0 Å². The summed E-state index contributed by atoms with van der Waals surface area (Å²) in [7, 11) is 1.51. The van der Waals surface area contributed by atoms with Gasteiger partial charge in [-0.25, -0.2) is 0 Å². The summed E-state index contributed by atoms with van der Waals surface area (Å²) in [6, 6.07) is 4.53. The first kappa shape index (κ1) is 7.03. The zero-order valence-electron chi connectivity index (χ0n) is 6.06. The van der Waals surface area contributed by atoms with Crippen LogP contribution in [-0.2, 0) is 0 Å². The molecule has 0 saturated heterocycles. The van der Waals surface area contributed by atoms with Crippen molar-refractivity contribution in [1.29, 1.82) is 0 Å². The Hall–Kier alpha value is -1.65. The molecule has 0 aliphatic rings. The van der Waals surface area contributed by atoms with Crippen molar-refractivity contribution in [2.24, 2.45) is 0 Å². The van der Waals surface area contributed by atoms with Crippen molar-refractivity contribution in [2.75, 3.05) is 0 Å². The number of nitro groups is 1. The van der Waals surface area contributed by atoms with Crippen molar-refractivity contribution in [3.63, 3.8) is 0 Å². The van der Waals surface area contributed by atoms with Gasteiger partial charge in [0.25, 0.3) is 0 Å². The second-order valence-electron chi connectivity index (χ2n) is 2.40. The molecule has 0 amide bonds. The molecule has 0 saturated carbocycles. The maximum absolute atomic E-state index is 10.3. The molecule has 4 nitrogen and oxygen atoms in total. The molecule has 58 valence electrons. The van der Waals surface area contributed by atoms with E-state index >= 15 is 0 Å². The Bertz CT molecular complexity index is 437. The topological polar surface area (TPSA) is 56.3 Å². The van der Waals surface area contributed by atoms with Crippen LogP contribution in [-0.4, -0.2) is 12.0 Å². The van der Waals surface area contributed by atoms with E-state index in [1.165, 1.54) is 19.3 Å². The van der Waals surface area contributed by atoms with Gasteiger partial charge in [0, 0.05) is 0 Å². The summed E-state index contributed by atoms with van der Waals surface area (Å²) in [5.74, 6) is 1.76. The average Bonchev–Trinajstić information content (AvgIpc) is 2.49. The minimum atomic E-state index is -0.442. The molecular formula is C7H4BNO3. The van der Waals surface area contributed by atoms with Crippen LogP contribution < -0.4 is 0 Å². The van der Waals surface area contributed by atoms with Crippen LogP contribution >= 0.6 is 0 Å². The fraction of sp³-hybridized carbons (Fsp3) is 0. The number of nitrogens with zero attached hydrogens (tertiary/aromatic N) is 1. The first-order valence-corrected chi connectivity index (χ1v) is 3.39. The van der Waals surface area contributed by atoms with Gasteiger partial charge in [0.2, 0.25) is 0 Å². The number of rotatable bonds is 1. The van der Waals surface area contributed by atoms with E-state index in [4.69, 9.17) is 4.33 Å². The Labute approximate surface area is 68.2 Å². The van der Waals surface area contributed by atoms with E-state index < -0.39 is 4.92 Å². The molecule has 0 bridgehead atoms. The fourth-order valence-corrected chi connectivity index (χ4v) is 1.06. The Balaban J connectivity index is 2.68. The molecule has 1 heterocycles. The Morgan fingerprint density at radius 3 is 3.08 bits per heavy atom. The molecular weight excluding hydrogens is 157 g/mol. The zero-order chi connectivity index (χ0) is 8.55. The summed E-state index contributed by atoms with van der Waals surface area (Å²) < 4.78 is 5.00. The molecule has 0 aliphatic carbocycles. The predicted molar refractivity (Wildman–Crippen MR) is 44.2 cm³/mol. The average molecular weight is 161 g/mol. The van der Waals surface area contributed by atoms with E-state index in [-0.39, 0.29) is 5.69 Å². The fourth-order valence-electron chi connectivity index (χ4n) is 1.06. The predicted octanol–water partition coefficient (Wildman–Crippen LogP) is 1.68. The van der Waals surface area contributed by atoms with Gasteiger partial charge < -0.3 is 0 Å². The van der Waals surface area contributed by atoms with Gasteiger partial charge >= 0.3 is 67.3 Å². The van der Waals surface area contributed by atoms with Crippen LogP contribution in [0, 0.1) is 10.1 Å². The Kier molecular flexibility index (Phi) is 1.43. The van der Waals surface area contributed by atoms with Crippen LogP contribution in [0.1, 0.15) is 0 Å². The zero-order valence-corrected chi connectivity index (χ0v) is 6.06. The van der Waals surface area contributed by atoms with Gasteiger partial charge in [-0.15, -0.1) is 0 Å².